The molecule has 0 aromatic carbocycles. The Balaban J connectivity index is 2.23. The van der Waals surface area contributed by atoms with Crippen molar-refractivity contribution in [2.24, 2.45) is 11.8 Å². The lowest BCUT2D eigenvalue weighted by atomic mass is 9.92. The molecule has 9 nitrogen and oxygen atoms in total. The van der Waals surface area contributed by atoms with Crippen LogP contribution in [0.25, 0.3) is 0 Å². The van der Waals surface area contributed by atoms with Crippen LogP contribution in [0, 0.1) is 11.8 Å². The first kappa shape index (κ1) is 58.0. The Morgan fingerprint density at radius 1 is 0.403 bits per heavy atom. The normalized spacial score (nSPS) is 13.5. The molecule has 0 aromatic rings. The summed E-state index contributed by atoms with van der Waals surface area (Å²) in [6.45, 7) is 13.8. The Labute approximate surface area is 383 Å². The van der Waals surface area contributed by atoms with Crippen molar-refractivity contribution in [2.45, 2.75) is 265 Å². The highest BCUT2D eigenvalue weighted by Crippen LogP contribution is 2.23. The molecule has 366 valence electrons. The van der Waals surface area contributed by atoms with Crippen LogP contribution in [-0.2, 0) is 28.5 Å². The monoisotopic (exact) mass is 880 g/mol. The van der Waals surface area contributed by atoms with E-state index in [0.29, 0.717) is 44.7 Å². The van der Waals surface area contributed by atoms with E-state index >= 15 is 0 Å². The highest BCUT2D eigenvalue weighted by atomic mass is 16.7. The Morgan fingerprint density at radius 3 is 1.31 bits per heavy atom. The molecule has 62 heavy (non-hydrogen) atoms. The van der Waals surface area contributed by atoms with E-state index in [4.69, 9.17) is 23.7 Å². The third-order valence-corrected chi connectivity index (χ3v) is 13.0. The molecule has 0 aromatic heterocycles. The van der Waals surface area contributed by atoms with Crippen molar-refractivity contribution in [3.8, 4) is 0 Å². The van der Waals surface area contributed by atoms with Gasteiger partial charge in [-0.25, -0.2) is 9.59 Å². The van der Waals surface area contributed by atoms with Gasteiger partial charge in [-0.3, -0.25) is 9.69 Å². The van der Waals surface area contributed by atoms with Gasteiger partial charge in [-0.1, -0.05) is 188 Å². The van der Waals surface area contributed by atoms with Crippen LogP contribution < -0.4 is 0 Å². The second-order valence-corrected chi connectivity index (χ2v) is 18.8. The summed E-state index contributed by atoms with van der Waals surface area (Å²) < 4.78 is 27.8. The number of nitrogens with zero attached hydrogens (tertiary/aromatic N) is 1. The third-order valence-electron chi connectivity index (χ3n) is 13.0. The van der Waals surface area contributed by atoms with Crippen molar-refractivity contribution < 1.29 is 38.1 Å². The second kappa shape index (κ2) is 44.2. The lowest BCUT2D eigenvalue weighted by Crippen LogP contribution is -2.26. The Hall–Kier alpha value is -2.03. The van der Waals surface area contributed by atoms with Crippen LogP contribution in [0.1, 0.15) is 259 Å². The molecule has 1 rings (SSSR count). The van der Waals surface area contributed by atoms with Gasteiger partial charge in [0.25, 0.3) is 0 Å². The quantitative estimate of drug-likeness (QED) is 0.0336. The number of esters is 1. The zero-order valence-corrected chi connectivity index (χ0v) is 41.4. The van der Waals surface area contributed by atoms with Crippen molar-refractivity contribution >= 4 is 18.3 Å². The highest BCUT2D eigenvalue weighted by molar-refractivity contribution is 5.69. The molecular formula is C53H101NO8. The van der Waals surface area contributed by atoms with Crippen LogP contribution in [0.15, 0.2) is 0 Å². The first-order valence-electron chi connectivity index (χ1n) is 26.9. The summed E-state index contributed by atoms with van der Waals surface area (Å²) in [4.78, 5) is 39.5. The maximum atomic E-state index is 12.6. The molecule has 0 spiro atoms. The zero-order valence-electron chi connectivity index (χ0n) is 41.4. The van der Waals surface area contributed by atoms with E-state index in [2.05, 4.69) is 32.6 Å². The number of hydrogen-bond donors (Lipinski definition) is 0. The van der Waals surface area contributed by atoms with Gasteiger partial charge in [-0.2, -0.15) is 0 Å². The lowest BCUT2D eigenvalue weighted by Gasteiger charge is -2.19. The Kier molecular flexibility index (Phi) is 41.3. The van der Waals surface area contributed by atoms with Gasteiger partial charge in [0.05, 0.1) is 19.8 Å². The van der Waals surface area contributed by atoms with Gasteiger partial charge in [0.1, 0.15) is 12.7 Å². The molecule has 1 atom stereocenters. The van der Waals surface area contributed by atoms with Gasteiger partial charge >= 0.3 is 18.3 Å². The van der Waals surface area contributed by atoms with Crippen LogP contribution in [0.2, 0.25) is 0 Å². The van der Waals surface area contributed by atoms with Crippen molar-refractivity contribution in [1.82, 2.24) is 4.90 Å². The van der Waals surface area contributed by atoms with Gasteiger partial charge in [-0.15, -0.1) is 0 Å². The standard InChI is InChI=1S/C53H101NO8/c1-5-9-22-32-48(33-23-10-6-2)39-45-58-51(55)38-28-20-15-13-14-18-26-36-50(62-53(57)61-47-43-54-41-29-30-42-54)37-27-19-16-17-21-31-44-59-52(56)60-46-40-49(34-24-11-7-3)35-25-12-8-4/h48-50H,5-47H2,1-4H3. The topological polar surface area (TPSA) is 101 Å². The summed E-state index contributed by atoms with van der Waals surface area (Å²) in [6.07, 6.45) is 39.6. The number of likely N-dealkylation sites (tertiary alicyclic amines) is 1. The molecular weight excluding hydrogens is 779 g/mol. The number of carbonyl (C=O) groups is 3. The molecule has 1 aliphatic rings. The molecule has 1 heterocycles. The zero-order chi connectivity index (χ0) is 45.0. The van der Waals surface area contributed by atoms with E-state index in [0.717, 1.165) is 122 Å². The number of rotatable bonds is 45. The summed E-state index contributed by atoms with van der Waals surface area (Å²) in [7, 11) is 0. The predicted molar refractivity (Wildman–Crippen MR) is 257 cm³/mol. The number of unbranched alkanes of at least 4 members (excludes halogenated alkanes) is 19. The van der Waals surface area contributed by atoms with E-state index in [9.17, 15) is 14.4 Å². The first-order chi connectivity index (χ1) is 30.4. The fraction of sp³-hybridized carbons (Fsp3) is 0.943. The maximum Gasteiger partial charge on any atom is 0.508 e. The number of carbonyl (C=O) groups excluding carboxylic acids is 3. The summed E-state index contributed by atoms with van der Waals surface area (Å²) in [5.41, 5.74) is 0. The molecule has 0 N–H and O–H groups in total. The first-order valence-corrected chi connectivity index (χ1v) is 26.9. The van der Waals surface area contributed by atoms with Crippen molar-refractivity contribution in [1.29, 1.82) is 0 Å². The smallest absolute Gasteiger partial charge is 0.466 e. The summed E-state index contributed by atoms with van der Waals surface area (Å²) in [5, 5.41) is 0. The number of ether oxygens (including phenoxy) is 5. The summed E-state index contributed by atoms with van der Waals surface area (Å²) in [5.74, 6) is 1.31. The second-order valence-electron chi connectivity index (χ2n) is 18.8. The van der Waals surface area contributed by atoms with Crippen LogP contribution in [0.3, 0.4) is 0 Å². The summed E-state index contributed by atoms with van der Waals surface area (Å²) in [6, 6.07) is 0. The molecule has 0 radical (unpaired) electrons. The largest absolute Gasteiger partial charge is 0.508 e. The van der Waals surface area contributed by atoms with E-state index in [1.807, 2.05) is 0 Å². The molecule has 0 saturated carbocycles. The SMILES string of the molecule is CCCCCC(CCCCC)CCOC(=O)CCCCCCCCCC(CCCCCCCCOC(=O)OCCC(CCCCC)CCCCC)OC(=O)OCCN1CCCC1. The van der Waals surface area contributed by atoms with Crippen LogP contribution in [0.4, 0.5) is 9.59 Å². The molecule has 1 unspecified atom stereocenters. The minimum atomic E-state index is -0.524. The fourth-order valence-electron chi connectivity index (χ4n) is 8.92. The molecule has 1 fully saturated rings. The highest BCUT2D eigenvalue weighted by Gasteiger charge is 2.18. The van der Waals surface area contributed by atoms with Crippen LogP contribution >= 0.6 is 0 Å². The predicted octanol–water partition coefficient (Wildman–Crippen LogP) is 15.9. The summed E-state index contributed by atoms with van der Waals surface area (Å²) >= 11 is 0. The fourth-order valence-corrected chi connectivity index (χ4v) is 8.92. The maximum absolute atomic E-state index is 12.6. The van der Waals surface area contributed by atoms with Crippen LogP contribution in [0.5, 0.6) is 0 Å². The molecule has 0 bridgehead atoms. The van der Waals surface area contributed by atoms with E-state index in [1.54, 1.807) is 0 Å². The average Bonchev–Trinajstić information content (AvgIpc) is 3.78. The average molecular weight is 880 g/mol. The van der Waals surface area contributed by atoms with Crippen molar-refractivity contribution in [2.75, 3.05) is 46.1 Å². The van der Waals surface area contributed by atoms with E-state index in [-0.39, 0.29) is 12.1 Å². The minimum Gasteiger partial charge on any atom is -0.466 e. The Morgan fingerprint density at radius 2 is 0.806 bits per heavy atom. The van der Waals surface area contributed by atoms with E-state index < -0.39 is 12.3 Å². The molecule has 0 amide bonds. The van der Waals surface area contributed by atoms with Crippen molar-refractivity contribution in [3.05, 3.63) is 0 Å². The van der Waals surface area contributed by atoms with Gasteiger partial charge < -0.3 is 23.7 Å². The van der Waals surface area contributed by atoms with E-state index in [1.165, 1.54) is 122 Å². The molecule has 1 saturated heterocycles. The lowest BCUT2D eigenvalue weighted by molar-refractivity contribution is -0.144. The molecule has 0 aliphatic carbocycles. The van der Waals surface area contributed by atoms with Gasteiger partial charge in [0, 0.05) is 13.0 Å². The van der Waals surface area contributed by atoms with Gasteiger partial charge in [0.2, 0.25) is 0 Å². The minimum absolute atomic E-state index is 0.0280. The number of hydrogen-bond acceptors (Lipinski definition) is 9. The van der Waals surface area contributed by atoms with Crippen LogP contribution in [-0.4, -0.2) is 75.3 Å². The molecule has 1 aliphatic heterocycles. The van der Waals surface area contributed by atoms with Gasteiger partial charge in [0.15, 0.2) is 0 Å². The van der Waals surface area contributed by atoms with Gasteiger partial charge in [-0.05, 0) is 89.1 Å². The third kappa shape index (κ3) is 37.4. The molecule has 9 heteroatoms. The Bertz CT molecular complexity index is 924. The van der Waals surface area contributed by atoms with Crippen molar-refractivity contribution in [3.63, 3.8) is 0 Å².